The number of imide groups is 2. The van der Waals surface area contributed by atoms with Crippen LogP contribution in [0.2, 0.25) is 0 Å². The molecule has 4 amide bonds. The molecule has 0 aromatic heterocycles. The van der Waals surface area contributed by atoms with E-state index in [1.54, 1.807) is 6.07 Å². The summed E-state index contributed by atoms with van der Waals surface area (Å²) in [5.74, 6) is -1.81. The number of nitrogens with one attached hydrogen (secondary N) is 2. The zero-order chi connectivity index (χ0) is 21.8. The first-order valence-electron chi connectivity index (χ1n) is 11.2. The van der Waals surface area contributed by atoms with Gasteiger partial charge in [-0.25, -0.2) is 0 Å². The second-order valence-corrected chi connectivity index (χ2v) is 9.50. The van der Waals surface area contributed by atoms with E-state index in [2.05, 4.69) is 22.5 Å². The summed E-state index contributed by atoms with van der Waals surface area (Å²) in [5, 5.41) is 5.69. The maximum atomic E-state index is 13.3. The fraction of sp³-hybridized carbons (Fsp3) is 0.565. The highest BCUT2D eigenvalue weighted by Crippen LogP contribution is 2.43. The lowest BCUT2D eigenvalue weighted by molar-refractivity contribution is -0.136. The van der Waals surface area contributed by atoms with Crippen LogP contribution >= 0.6 is 0 Å². The third-order valence-corrected chi connectivity index (χ3v) is 7.48. The second-order valence-electron chi connectivity index (χ2n) is 9.50. The monoisotopic (exact) mass is 424 g/mol. The lowest BCUT2D eigenvalue weighted by atomic mass is 9.77. The van der Waals surface area contributed by atoms with Gasteiger partial charge in [0, 0.05) is 25.6 Å². The summed E-state index contributed by atoms with van der Waals surface area (Å²) in [6.07, 6.45) is 3.78. The number of rotatable bonds is 3. The van der Waals surface area contributed by atoms with Gasteiger partial charge in [-0.15, -0.1) is 0 Å². The minimum atomic E-state index is -0.929. The average molecular weight is 425 g/mol. The molecule has 0 bridgehead atoms. The van der Waals surface area contributed by atoms with Gasteiger partial charge in [-0.2, -0.15) is 0 Å². The average Bonchev–Trinajstić information content (AvgIpc) is 3.17. The molecule has 1 spiro atoms. The van der Waals surface area contributed by atoms with Gasteiger partial charge in [0.2, 0.25) is 11.8 Å². The first-order valence-corrected chi connectivity index (χ1v) is 11.2. The molecule has 1 aromatic rings. The smallest absolute Gasteiger partial charge is 0.262 e. The minimum Gasteiger partial charge on any atom is -0.317 e. The minimum absolute atomic E-state index is 0.124. The van der Waals surface area contributed by atoms with Crippen molar-refractivity contribution in [3.8, 4) is 0 Å². The Kier molecular flexibility index (Phi) is 4.94. The molecule has 8 heteroatoms. The van der Waals surface area contributed by atoms with Crippen LogP contribution in [0.25, 0.3) is 0 Å². The lowest BCUT2D eigenvalue weighted by Crippen LogP contribution is -2.54. The zero-order valence-electron chi connectivity index (χ0n) is 17.8. The Labute approximate surface area is 181 Å². The number of hydrogen-bond acceptors (Lipinski definition) is 6. The molecular weight excluding hydrogens is 396 g/mol. The highest BCUT2D eigenvalue weighted by molar-refractivity contribution is 6.24. The molecular formula is C23H28N4O4. The number of carbonyl (C=O) groups is 4. The predicted octanol–water partition coefficient (Wildman–Crippen LogP) is 1.05. The molecule has 0 radical (unpaired) electrons. The van der Waals surface area contributed by atoms with Crippen LogP contribution in [0.3, 0.4) is 0 Å². The van der Waals surface area contributed by atoms with Crippen LogP contribution in [0.5, 0.6) is 0 Å². The van der Waals surface area contributed by atoms with E-state index in [1.165, 1.54) is 12.8 Å². The van der Waals surface area contributed by atoms with E-state index in [-0.39, 0.29) is 18.7 Å². The van der Waals surface area contributed by atoms with Crippen molar-refractivity contribution in [2.75, 3.05) is 19.6 Å². The van der Waals surface area contributed by atoms with Gasteiger partial charge in [-0.1, -0.05) is 12.1 Å². The third kappa shape index (κ3) is 3.38. The summed E-state index contributed by atoms with van der Waals surface area (Å²) in [7, 11) is 0. The van der Waals surface area contributed by atoms with Crippen molar-refractivity contribution < 1.29 is 19.2 Å². The van der Waals surface area contributed by atoms with Crippen molar-refractivity contribution in [2.24, 2.45) is 5.41 Å². The van der Waals surface area contributed by atoms with E-state index in [0.717, 1.165) is 36.5 Å². The van der Waals surface area contributed by atoms with Crippen molar-refractivity contribution in [3.05, 3.63) is 34.9 Å². The molecule has 1 aromatic carbocycles. The summed E-state index contributed by atoms with van der Waals surface area (Å²) in [4.78, 5) is 53.7. The summed E-state index contributed by atoms with van der Waals surface area (Å²) in [6, 6.07) is 4.87. The number of fused-ring (bicyclic) bond motifs is 1. The normalized spacial score (nSPS) is 28.4. The van der Waals surface area contributed by atoms with E-state index in [0.29, 0.717) is 29.1 Å². The highest BCUT2D eigenvalue weighted by atomic mass is 16.2. The van der Waals surface area contributed by atoms with Crippen molar-refractivity contribution in [1.29, 1.82) is 0 Å². The topological polar surface area (TPSA) is 98.8 Å². The van der Waals surface area contributed by atoms with Crippen LogP contribution in [0, 0.1) is 5.41 Å². The summed E-state index contributed by atoms with van der Waals surface area (Å²) in [5.41, 5.74) is 1.94. The number of nitrogens with zero attached hydrogens (tertiary/aromatic N) is 2. The van der Waals surface area contributed by atoms with Crippen molar-refractivity contribution in [2.45, 2.75) is 57.7 Å². The Morgan fingerprint density at radius 1 is 1.10 bits per heavy atom. The van der Waals surface area contributed by atoms with Gasteiger partial charge in [0.15, 0.2) is 0 Å². The molecule has 4 heterocycles. The lowest BCUT2D eigenvalue weighted by Gasteiger charge is -2.34. The SMILES string of the molecule is CC1CC2(CCNCC2)CN1Cc1cccc2c1C(=O)N(C1CCC(=O)NC1=O)C2=O. The van der Waals surface area contributed by atoms with Gasteiger partial charge in [-0.05, 0) is 62.7 Å². The number of hydrogen-bond donors (Lipinski definition) is 2. The molecule has 164 valence electrons. The van der Waals surface area contributed by atoms with Crippen LogP contribution in [-0.2, 0) is 16.1 Å². The Morgan fingerprint density at radius 3 is 2.61 bits per heavy atom. The van der Waals surface area contributed by atoms with Crippen LogP contribution in [-0.4, -0.2) is 65.1 Å². The van der Waals surface area contributed by atoms with Gasteiger partial charge in [-0.3, -0.25) is 34.3 Å². The van der Waals surface area contributed by atoms with Gasteiger partial charge >= 0.3 is 0 Å². The molecule has 2 N–H and O–H groups in total. The number of piperidine rings is 2. The predicted molar refractivity (Wildman–Crippen MR) is 112 cm³/mol. The molecule has 5 rings (SSSR count). The van der Waals surface area contributed by atoms with Crippen molar-refractivity contribution in [1.82, 2.24) is 20.4 Å². The molecule has 3 saturated heterocycles. The molecule has 2 atom stereocenters. The van der Waals surface area contributed by atoms with Gasteiger partial charge < -0.3 is 5.32 Å². The van der Waals surface area contributed by atoms with E-state index < -0.39 is 23.8 Å². The van der Waals surface area contributed by atoms with Crippen LogP contribution in [0.1, 0.15) is 65.3 Å². The number of benzene rings is 1. The maximum Gasteiger partial charge on any atom is 0.262 e. The largest absolute Gasteiger partial charge is 0.317 e. The van der Waals surface area contributed by atoms with Gasteiger partial charge in [0.05, 0.1) is 11.1 Å². The molecule has 3 fully saturated rings. The fourth-order valence-electron chi connectivity index (χ4n) is 5.87. The standard InChI is InChI=1S/C23H28N4O4/c1-14-11-23(7-9-24-10-8-23)13-26(14)12-15-3-2-4-16-19(15)22(31)27(21(16)30)17-5-6-18(28)25-20(17)29/h2-4,14,17,24H,5-13H2,1H3,(H,25,28,29). The molecule has 4 aliphatic rings. The first-order chi connectivity index (χ1) is 14.9. The zero-order valence-corrected chi connectivity index (χ0v) is 17.8. The van der Waals surface area contributed by atoms with E-state index in [9.17, 15) is 19.2 Å². The number of carbonyl (C=O) groups excluding carboxylic acids is 4. The van der Waals surface area contributed by atoms with E-state index in [4.69, 9.17) is 0 Å². The fourth-order valence-corrected chi connectivity index (χ4v) is 5.87. The highest BCUT2D eigenvalue weighted by Gasteiger charge is 2.47. The second kappa shape index (κ2) is 7.53. The molecule has 8 nitrogen and oxygen atoms in total. The van der Waals surface area contributed by atoms with Crippen LogP contribution in [0.4, 0.5) is 0 Å². The Hall–Kier alpha value is -2.58. The molecule has 2 unspecified atom stereocenters. The van der Waals surface area contributed by atoms with Gasteiger partial charge in [0.25, 0.3) is 11.8 Å². The Bertz CT molecular complexity index is 968. The number of amides is 4. The first kappa shape index (κ1) is 20.3. The molecule has 31 heavy (non-hydrogen) atoms. The third-order valence-electron chi connectivity index (χ3n) is 7.48. The molecule has 0 aliphatic carbocycles. The number of likely N-dealkylation sites (tertiary alicyclic amines) is 1. The maximum absolute atomic E-state index is 13.3. The Morgan fingerprint density at radius 2 is 1.87 bits per heavy atom. The van der Waals surface area contributed by atoms with Crippen LogP contribution in [0.15, 0.2) is 18.2 Å². The Balaban J connectivity index is 1.40. The van der Waals surface area contributed by atoms with Crippen molar-refractivity contribution in [3.63, 3.8) is 0 Å². The van der Waals surface area contributed by atoms with Crippen LogP contribution < -0.4 is 10.6 Å². The molecule has 4 aliphatic heterocycles. The summed E-state index contributed by atoms with van der Waals surface area (Å²) in [6.45, 7) is 5.95. The summed E-state index contributed by atoms with van der Waals surface area (Å²) < 4.78 is 0. The van der Waals surface area contributed by atoms with E-state index >= 15 is 0 Å². The quantitative estimate of drug-likeness (QED) is 0.704. The molecule has 0 saturated carbocycles. The van der Waals surface area contributed by atoms with Crippen molar-refractivity contribution >= 4 is 23.6 Å². The van der Waals surface area contributed by atoms with E-state index in [1.807, 2.05) is 12.1 Å². The summed E-state index contributed by atoms with van der Waals surface area (Å²) >= 11 is 0. The van der Waals surface area contributed by atoms with Gasteiger partial charge in [0.1, 0.15) is 6.04 Å².